The van der Waals surface area contributed by atoms with Crippen LogP contribution in [0, 0.1) is 0 Å². The first kappa shape index (κ1) is 11.3. The van der Waals surface area contributed by atoms with Gasteiger partial charge in [-0.25, -0.2) is 4.79 Å². The van der Waals surface area contributed by atoms with E-state index in [1.54, 1.807) is 6.08 Å². The maximum atomic E-state index is 10.9. The Labute approximate surface area is 88.9 Å². The number of amides is 1. The molecular formula is C11H14N2O2. The maximum absolute atomic E-state index is 10.9. The Kier molecular flexibility index (Phi) is 4.97. The standard InChI is InChI=1S/C11H14N2O2/c1-2-8-12-11(14)15-13-9-10-6-4-3-5-7-10/h2-7,13H,1,8-9H2,(H,12,14). The molecule has 4 heteroatoms. The molecule has 0 aliphatic heterocycles. The number of hydrogen-bond donors (Lipinski definition) is 2. The lowest BCUT2D eigenvalue weighted by Crippen LogP contribution is -2.30. The first-order chi connectivity index (χ1) is 7.33. The molecule has 0 unspecified atom stereocenters. The summed E-state index contributed by atoms with van der Waals surface area (Å²) >= 11 is 0. The summed E-state index contributed by atoms with van der Waals surface area (Å²) in [6.07, 6.45) is 1.07. The van der Waals surface area contributed by atoms with Crippen LogP contribution >= 0.6 is 0 Å². The van der Waals surface area contributed by atoms with Crippen molar-refractivity contribution >= 4 is 6.09 Å². The summed E-state index contributed by atoms with van der Waals surface area (Å²) in [5.41, 5.74) is 3.61. The summed E-state index contributed by atoms with van der Waals surface area (Å²) in [6, 6.07) is 9.67. The SMILES string of the molecule is C=CCNC(=O)ONCc1ccccc1. The van der Waals surface area contributed by atoms with Crippen molar-refractivity contribution in [3.8, 4) is 0 Å². The fourth-order valence-corrected chi connectivity index (χ4v) is 0.972. The van der Waals surface area contributed by atoms with Crippen molar-refractivity contribution in [1.82, 2.24) is 10.8 Å². The van der Waals surface area contributed by atoms with Crippen LogP contribution in [0.4, 0.5) is 4.79 Å². The van der Waals surface area contributed by atoms with Crippen LogP contribution in [0.1, 0.15) is 5.56 Å². The third kappa shape index (κ3) is 4.83. The predicted molar refractivity (Wildman–Crippen MR) is 58.0 cm³/mol. The molecule has 0 radical (unpaired) electrons. The zero-order valence-corrected chi connectivity index (χ0v) is 8.40. The van der Waals surface area contributed by atoms with E-state index in [9.17, 15) is 4.79 Å². The van der Waals surface area contributed by atoms with Gasteiger partial charge in [-0.1, -0.05) is 36.4 Å². The minimum absolute atomic E-state index is 0.395. The molecule has 0 aliphatic carbocycles. The predicted octanol–water partition coefficient (Wildman–Crippen LogP) is 1.60. The Balaban J connectivity index is 2.16. The second-order valence-electron chi connectivity index (χ2n) is 2.87. The number of carbonyl (C=O) groups is 1. The van der Waals surface area contributed by atoms with Gasteiger partial charge in [0.05, 0.1) is 6.54 Å². The molecule has 0 heterocycles. The van der Waals surface area contributed by atoms with Gasteiger partial charge in [0.15, 0.2) is 0 Å². The summed E-state index contributed by atoms with van der Waals surface area (Å²) in [4.78, 5) is 15.6. The van der Waals surface area contributed by atoms with Crippen molar-refractivity contribution in [3.63, 3.8) is 0 Å². The first-order valence-electron chi connectivity index (χ1n) is 4.65. The molecule has 1 aromatic rings. The lowest BCUT2D eigenvalue weighted by atomic mass is 10.2. The van der Waals surface area contributed by atoms with Crippen molar-refractivity contribution in [2.24, 2.45) is 0 Å². The van der Waals surface area contributed by atoms with Crippen LogP contribution in [0.2, 0.25) is 0 Å². The van der Waals surface area contributed by atoms with E-state index in [0.29, 0.717) is 13.1 Å². The maximum Gasteiger partial charge on any atom is 0.426 e. The largest absolute Gasteiger partial charge is 0.426 e. The van der Waals surface area contributed by atoms with E-state index in [-0.39, 0.29) is 0 Å². The monoisotopic (exact) mass is 206 g/mol. The summed E-state index contributed by atoms with van der Waals surface area (Å²) in [5.74, 6) is 0. The van der Waals surface area contributed by atoms with Crippen molar-refractivity contribution in [2.45, 2.75) is 6.54 Å². The van der Waals surface area contributed by atoms with Crippen molar-refractivity contribution in [1.29, 1.82) is 0 Å². The Morgan fingerprint density at radius 3 is 2.80 bits per heavy atom. The average Bonchev–Trinajstić information content (AvgIpc) is 2.28. The number of carbonyl (C=O) groups excluding carboxylic acids is 1. The van der Waals surface area contributed by atoms with Crippen molar-refractivity contribution in [3.05, 3.63) is 48.6 Å². The smallest absolute Gasteiger partial charge is 0.354 e. The highest BCUT2D eigenvalue weighted by Gasteiger charge is 1.98. The molecule has 1 amide bonds. The summed E-state index contributed by atoms with van der Waals surface area (Å²) in [5, 5.41) is 2.48. The molecule has 0 aliphatic rings. The third-order valence-electron chi connectivity index (χ3n) is 1.67. The van der Waals surface area contributed by atoms with Crippen LogP contribution in [-0.2, 0) is 11.4 Å². The topological polar surface area (TPSA) is 50.4 Å². The van der Waals surface area contributed by atoms with Crippen molar-refractivity contribution < 1.29 is 9.63 Å². The van der Waals surface area contributed by atoms with Crippen LogP contribution in [0.3, 0.4) is 0 Å². The second-order valence-corrected chi connectivity index (χ2v) is 2.87. The molecule has 15 heavy (non-hydrogen) atoms. The molecule has 0 fully saturated rings. The van der Waals surface area contributed by atoms with Crippen LogP contribution in [0.25, 0.3) is 0 Å². The Bertz CT molecular complexity index is 312. The lowest BCUT2D eigenvalue weighted by molar-refractivity contribution is 0.0873. The zero-order chi connectivity index (χ0) is 10.9. The van der Waals surface area contributed by atoms with Gasteiger partial charge >= 0.3 is 6.09 Å². The van der Waals surface area contributed by atoms with Crippen LogP contribution in [0.5, 0.6) is 0 Å². The Hall–Kier alpha value is -1.81. The Morgan fingerprint density at radius 1 is 1.40 bits per heavy atom. The molecule has 1 aromatic carbocycles. The van der Waals surface area contributed by atoms with Gasteiger partial charge in [0.25, 0.3) is 0 Å². The lowest BCUT2D eigenvalue weighted by Gasteiger charge is -2.05. The minimum atomic E-state index is -0.508. The molecule has 0 bridgehead atoms. The first-order valence-corrected chi connectivity index (χ1v) is 4.65. The fourth-order valence-electron chi connectivity index (χ4n) is 0.972. The second kappa shape index (κ2) is 6.62. The van der Waals surface area contributed by atoms with Crippen molar-refractivity contribution in [2.75, 3.05) is 6.54 Å². The van der Waals surface area contributed by atoms with E-state index in [1.807, 2.05) is 30.3 Å². The molecule has 0 spiro atoms. The molecule has 0 saturated carbocycles. The molecular weight excluding hydrogens is 192 g/mol. The van der Waals surface area contributed by atoms with Crippen LogP contribution in [-0.4, -0.2) is 12.6 Å². The highest BCUT2D eigenvalue weighted by atomic mass is 16.7. The molecule has 1 rings (SSSR count). The van der Waals surface area contributed by atoms with Gasteiger partial charge in [-0.05, 0) is 5.56 Å². The summed E-state index contributed by atoms with van der Waals surface area (Å²) < 4.78 is 0. The summed E-state index contributed by atoms with van der Waals surface area (Å²) in [6.45, 7) is 4.35. The number of hydroxylamine groups is 1. The average molecular weight is 206 g/mol. The highest BCUT2D eigenvalue weighted by Crippen LogP contribution is 1.96. The minimum Gasteiger partial charge on any atom is -0.354 e. The number of rotatable bonds is 5. The zero-order valence-electron chi connectivity index (χ0n) is 8.40. The van der Waals surface area contributed by atoms with E-state index in [4.69, 9.17) is 4.84 Å². The molecule has 0 aromatic heterocycles. The van der Waals surface area contributed by atoms with Gasteiger partial charge in [-0.15, -0.1) is 12.1 Å². The van der Waals surface area contributed by atoms with Gasteiger partial charge in [0.2, 0.25) is 0 Å². The van der Waals surface area contributed by atoms with Gasteiger partial charge in [-0.3, -0.25) is 0 Å². The molecule has 2 N–H and O–H groups in total. The van der Waals surface area contributed by atoms with E-state index in [0.717, 1.165) is 5.56 Å². The van der Waals surface area contributed by atoms with E-state index in [1.165, 1.54) is 0 Å². The Morgan fingerprint density at radius 2 is 2.13 bits per heavy atom. The molecule has 4 nitrogen and oxygen atoms in total. The van der Waals surface area contributed by atoms with E-state index < -0.39 is 6.09 Å². The van der Waals surface area contributed by atoms with Gasteiger partial charge in [0, 0.05) is 6.54 Å². The molecule has 0 atom stereocenters. The van der Waals surface area contributed by atoms with E-state index in [2.05, 4.69) is 17.4 Å². The van der Waals surface area contributed by atoms with Gasteiger partial charge in [-0.2, -0.15) is 0 Å². The van der Waals surface area contributed by atoms with Gasteiger partial charge in [0.1, 0.15) is 0 Å². The number of hydrogen-bond acceptors (Lipinski definition) is 3. The highest BCUT2D eigenvalue weighted by molar-refractivity contribution is 5.66. The molecule has 80 valence electrons. The summed E-state index contributed by atoms with van der Waals surface area (Å²) in [7, 11) is 0. The van der Waals surface area contributed by atoms with E-state index >= 15 is 0 Å². The fraction of sp³-hybridized carbons (Fsp3) is 0.182. The van der Waals surface area contributed by atoms with Crippen LogP contribution < -0.4 is 10.8 Å². The third-order valence-corrected chi connectivity index (χ3v) is 1.67. The van der Waals surface area contributed by atoms with Crippen LogP contribution in [0.15, 0.2) is 43.0 Å². The quantitative estimate of drug-likeness (QED) is 0.568. The van der Waals surface area contributed by atoms with Gasteiger partial charge < -0.3 is 10.2 Å². The number of nitrogens with one attached hydrogen (secondary N) is 2. The molecule has 0 saturated heterocycles. The normalized spacial score (nSPS) is 9.33. The number of benzene rings is 1.